The monoisotopic (exact) mass is 514 g/mol. The molecule has 0 spiro atoms. The number of fused-ring (bicyclic) bond motifs is 1. The van der Waals surface area contributed by atoms with Crippen molar-refractivity contribution in [3.63, 3.8) is 0 Å². The molecule has 0 radical (unpaired) electrons. The molecular weight excluding hydrogens is 493 g/mol. The molecule has 0 fully saturated rings. The lowest BCUT2D eigenvalue weighted by molar-refractivity contribution is -0.154. The van der Waals surface area contributed by atoms with Gasteiger partial charge in [0, 0.05) is 12.1 Å². The van der Waals surface area contributed by atoms with Crippen LogP contribution >= 0.6 is 0 Å². The zero-order valence-corrected chi connectivity index (χ0v) is 20.2. The van der Waals surface area contributed by atoms with Gasteiger partial charge in [0.2, 0.25) is 11.2 Å². The number of ether oxygens (including phenoxy) is 4. The Bertz CT molecular complexity index is 1510. The molecule has 0 aliphatic rings. The number of hydrogen-bond donors (Lipinski definition) is 0. The van der Waals surface area contributed by atoms with Crippen LogP contribution in [-0.2, 0) is 6.18 Å². The van der Waals surface area contributed by atoms with Crippen molar-refractivity contribution in [2.45, 2.75) is 20.0 Å². The molecule has 1 heterocycles. The predicted octanol–water partition coefficient (Wildman–Crippen LogP) is 6.46. The Morgan fingerprint density at radius 3 is 2.00 bits per heavy atom. The number of hydrogen-bond acceptors (Lipinski definition) is 7. The number of aryl methyl sites for hydroxylation is 2. The number of carbonyl (C=O) groups is 1. The standard InChI is InChI=1S/C27H21F3O7/c1-14-7-15(2)9-20(8-14)35-24-23(31)21-6-5-17(13-22(21)37-25(24)27(28,29)30)36-26(32)16-10-18(33-3)12-19(11-16)34-4/h5-13H,1-4H3. The van der Waals surface area contributed by atoms with Crippen molar-refractivity contribution in [2.24, 2.45) is 0 Å². The number of rotatable bonds is 6. The van der Waals surface area contributed by atoms with E-state index in [1.807, 2.05) is 6.07 Å². The summed E-state index contributed by atoms with van der Waals surface area (Å²) in [6, 6.07) is 12.7. The minimum absolute atomic E-state index is 0.0638. The van der Waals surface area contributed by atoms with E-state index in [1.54, 1.807) is 19.9 Å². The molecule has 0 bridgehead atoms. The Balaban J connectivity index is 1.74. The van der Waals surface area contributed by atoms with Gasteiger partial charge in [0.1, 0.15) is 28.6 Å². The summed E-state index contributed by atoms with van der Waals surface area (Å²) in [6.45, 7) is 3.50. The SMILES string of the molecule is COc1cc(OC)cc(C(=O)Oc2ccc3c(=O)c(Oc4cc(C)cc(C)c4)c(C(F)(F)F)oc3c2)c1. The first kappa shape index (κ1) is 25.6. The minimum atomic E-state index is -5.04. The first-order chi connectivity index (χ1) is 17.5. The summed E-state index contributed by atoms with van der Waals surface area (Å²) >= 11 is 0. The predicted molar refractivity (Wildman–Crippen MR) is 128 cm³/mol. The van der Waals surface area contributed by atoms with Gasteiger partial charge < -0.3 is 23.4 Å². The lowest BCUT2D eigenvalue weighted by Crippen LogP contribution is -2.16. The van der Waals surface area contributed by atoms with Crippen molar-refractivity contribution in [2.75, 3.05) is 14.2 Å². The fourth-order valence-electron chi connectivity index (χ4n) is 3.70. The topological polar surface area (TPSA) is 84.2 Å². The Kier molecular flexibility index (Phi) is 6.84. The minimum Gasteiger partial charge on any atom is -0.497 e. The van der Waals surface area contributed by atoms with E-state index in [0.29, 0.717) is 11.5 Å². The zero-order valence-electron chi connectivity index (χ0n) is 20.2. The van der Waals surface area contributed by atoms with Gasteiger partial charge in [0.05, 0.1) is 25.2 Å². The van der Waals surface area contributed by atoms with E-state index in [1.165, 1.54) is 50.6 Å². The quantitative estimate of drug-likeness (QED) is 0.216. The average molecular weight is 514 g/mol. The molecule has 0 aliphatic carbocycles. The van der Waals surface area contributed by atoms with Crippen LogP contribution in [0.1, 0.15) is 27.2 Å². The van der Waals surface area contributed by atoms with Gasteiger partial charge >= 0.3 is 12.1 Å². The largest absolute Gasteiger partial charge is 0.497 e. The van der Waals surface area contributed by atoms with Gasteiger partial charge in [-0.3, -0.25) is 4.79 Å². The number of halogens is 3. The molecule has 0 N–H and O–H groups in total. The average Bonchev–Trinajstić information content (AvgIpc) is 2.83. The van der Waals surface area contributed by atoms with Crippen molar-refractivity contribution in [3.05, 3.63) is 87.3 Å². The third-order valence-corrected chi connectivity index (χ3v) is 5.29. The van der Waals surface area contributed by atoms with Crippen molar-refractivity contribution in [1.82, 2.24) is 0 Å². The second-order valence-corrected chi connectivity index (χ2v) is 8.16. The number of methoxy groups -OCH3 is 2. The fraction of sp³-hybridized carbons (Fsp3) is 0.185. The van der Waals surface area contributed by atoms with Crippen LogP contribution in [0.3, 0.4) is 0 Å². The molecule has 37 heavy (non-hydrogen) atoms. The summed E-state index contributed by atoms with van der Waals surface area (Å²) in [6.07, 6.45) is -5.04. The van der Waals surface area contributed by atoms with Gasteiger partial charge in [-0.25, -0.2) is 4.79 Å². The molecule has 0 amide bonds. The van der Waals surface area contributed by atoms with E-state index in [2.05, 4.69) is 0 Å². The van der Waals surface area contributed by atoms with E-state index in [4.69, 9.17) is 23.4 Å². The van der Waals surface area contributed by atoms with Crippen LogP contribution in [0.5, 0.6) is 28.7 Å². The molecule has 0 saturated heterocycles. The Morgan fingerprint density at radius 1 is 0.811 bits per heavy atom. The summed E-state index contributed by atoms with van der Waals surface area (Å²) < 4.78 is 67.6. The maximum Gasteiger partial charge on any atom is 0.453 e. The Hall–Kier alpha value is -4.47. The normalized spacial score (nSPS) is 11.3. The van der Waals surface area contributed by atoms with Crippen LogP contribution in [-0.4, -0.2) is 20.2 Å². The second-order valence-electron chi connectivity index (χ2n) is 8.16. The number of alkyl halides is 3. The van der Waals surface area contributed by atoms with E-state index in [-0.39, 0.29) is 22.4 Å². The van der Waals surface area contributed by atoms with Crippen LogP contribution in [0.2, 0.25) is 0 Å². The van der Waals surface area contributed by atoms with Crippen LogP contribution in [0.15, 0.2) is 63.8 Å². The molecule has 1 aromatic heterocycles. The molecule has 7 nitrogen and oxygen atoms in total. The highest BCUT2D eigenvalue weighted by atomic mass is 19.4. The van der Waals surface area contributed by atoms with Gasteiger partial charge in [-0.2, -0.15) is 13.2 Å². The van der Waals surface area contributed by atoms with Crippen LogP contribution in [0, 0.1) is 13.8 Å². The molecule has 3 aromatic carbocycles. The fourth-order valence-corrected chi connectivity index (χ4v) is 3.70. The number of carbonyl (C=O) groups excluding carboxylic acids is 1. The van der Waals surface area contributed by atoms with Gasteiger partial charge in [-0.05, 0) is 61.4 Å². The van der Waals surface area contributed by atoms with E-state index in [9.17, 15) is 22.8 Å². The van der Waals surface area contributed by atoms with Crippen molar-refractivity contribution in [3.8, 4) is 28.7 Å². The van der Waals surface area contributed by atoms with E-state index < -0.39 is 34.7 Å². The Labute approximate surface area is 208 Å². The summed E-state index contributed by atoms with van der Waals surface area (Å²) in [5, 5.41) is -0.185. The van der Waals surface area contributed by atoms with Crippen LogP contribution < -0.4 is 24.4 Å². The Morgan fingerprint density at radius 2 is 1.43 bits per heavy atom. The van der Waals surface area contributed by atoms with Gasteiger partial charge in [-0.1, -0.05) is 6.07 Å². The molecule has 10 heteroatoms. The van der Waals surface area contributed by atoms with E-state index >= 15 is 0 Å². The highest BCUT2D eigenvalue weighted by Crippen LogP contribution is 2.39. The highest BCUT2D eigenvalue weighted by molar-refractivity contribution is 5.92. The third kappa shape index (κ3) is 5.53. The summed E-state index contributed by atoms with van der Waals surface area (Å²) in [7, 11) is 2.82. The van der Waals surface area contributed by atoms with E-state index in [0.717, 1.165) is 17.2 Å². The maximum atomic E-state index is 13.9. The molecule has 192 valence electrons. The smallest absolute Gasteiger partial charge is 0.453 e. The summed E-state index contributed by atoms with van der Waals surface area (Å²) in [5.74, 6) is -2.83. The second kappa shape index (κ2) is 9.88. The summed E-state index contributed by atoms with van der Waals surface area (Å²) in [4.78, 5) is 25.7. The molecule has 4 aromatic rings. The lowest BCUT2D eigenvalue weighted by atomic mass is 10.1. The molecule has 0 saturated carbocycles. The molecule has 4 rings (SSSR count). The number of benzene rings is 3. The zero-order chi connectivity index (χ0) is 26.9. The van der Waals surface area contributed by atoms with Gasteiger partial charge in [0.25, 0.3) is 5.76 Å². The first-order valence-electron chi connectivity index (χ1n) is 10.9. The van der Waals surface area contributed by atoms with Crippen LogP contribution in [0.4, 0.5) is 13.2 Å². The van der Waals surface area contributed by atoms with Crippen LogP contribution in [0.25, 0.3) is 11.0 Å². The highest BCUT2D eigenvalue weighted by Gasteiger charge is 2.40. The lowest BCUT2D eigenvalue weighted by Gasteiger charge is -2.14. The van der Waals surface area contributed by atoms with Gasteiger partial charge in [0.15, 0.2) is 0 Å². The maximum absolute atomic E-state index is 13.9. The van der Waals surface area contributed by atoms with Crippen molar-refractivity contribution >= 4 is 16.9 Å². The first-order valence-corrected chi connectivity index (χ1v) is 10.9. The molecular formula is C27H21F3O7. The molecule has 0 unspecified atom stereocenters. The van der Waals surface area contributed by atoms with Gasteiger partial charge in [-0.15, -0.1) is 0 Å². The number of esters is 1. The van der Waals surface area contributed by atoms with Crippen molar-refractivity contribution in [1.29, 1.82) is 0 Å². The molecule has 0 aliphatic heterocycles. The van der Waals surface area contributed by atoms with Crippen molar-refractivity contribution < 1.29 is 41.3 Å². The molecule has 0 atom stereocenters. The summed E-state index contributed by atoms with van der Waals surface area (Å²) in [5.41, 5.74) is 0.107. The third-order valence-electron chi connectivity index (χ3n) is 5.29.